The minimum absolute atomic E-state index is 0.0333. The van der Waals surface area contributed by atoms with E-state index in [4.69, 9.17) is 4.74 Å². The summed E-state index contributed by atoms with van der Waals surface area (Å²) in [4.78, 5) is 42.7. The van der Waals surface area contributed by atoms with Crippen molar-refractivity contribution in [3.05, 3.63) is 24.3 Å². The van der Waals surface area contributed by atoms with Crippen molar-refractivity contribution in [1.29, 1.82) is 0 Å². The van der Waals surface area contributed by atoms with E-state index < -0.39 is 22.6 Å². The molecule has 3 fully saturated rings. The van der Waals surface area contributed by atoms with Crippen LogP contribution in [0.5, 0.6) is 5.75 Å². The third kappa shape index (κ3) is 5.00. The van der Waals surface area contributed by atoms with Crippen LogP contribution in [0, 0.1) is 11.8 Å². The maximum Gasteiger partial charge on any atom is 0.244 e. The van der Waals surface area contributed by atoms with Gasteiger partial charge < -0.3 is 25.4 Å². The molecule has 6 atom stereocenters. The summed E-state index contributed by atoms with van der Waals surface area (Å²) in [7, 11) is 0. The SMILES string of the molecule is CCCCNC(=O)C1N(CCCCO)C(=O)[C@@H]2[C@H](C(=O)Nc3ccc(OCC)cc3)[C@H]3SC12CC3Br. The molecule has 36 heavy (non-hydrogen) atoms. The average Bonchev–Trinajstić information content (AvgIpc) is 3.44. The number of ether oxygens (including phenoxy) is 1. The average molecular weight is 583 g/mol. The Morgan fingerprint density at radius 1 is 1.19 bits per heavy atom. The summed E-state index contributed by atoms with van der Waals surface area (Å²) in [6, 6.07) is 6.59. The van der Waals surface area contributed by atoms with E-state index in [-0.39, 0.29) is 34.4 Å². The Labute approximate surface area is 225 Å². The summed E-state index contributed by atoms with van der Waals surface area (Å²) in [6.45, 7) is 5.55. The normalized spacial score (nSPS) is 30.4. The van der Waals surface area contributed by atoms with Crippen molar-refractivity contribution in [3.8, 4) is 5.75 Å². The van der Waals surface area contributed by atoms with Crippen molar-refractivity contribution in [2.24, 2.45) is 11.8 Å². The Morgan fingerprint density at radius 2 is 1.94 bits per heavy atom. The van der Waals surface area contributed by atoms with Gasteiger partial charge in [0.05, 0.1) is 23.2 Å². The number of unbranched alkanes of at least 4 members (excludes halogenated alkanes) is 2. The quantitative estimate of drug-likeness (QED) is 0.258. The van der Waals surface area contributed by atoms with Crippen molar-refractivity contribution >= 4 is 51.1 Å². The first-order valence-corrected chi connectivity index (χ1v) is 14.7. The van der Waals surface area contributed by atoms with Crippen LogP contribution in [0.3, 0.4) is 0 Å². The van der Waals surface area contributed by atoms with Crippen LogP contribution >= 0.6 is 27.7 Å². The van der Waals surface area contributed by atoms with Gasteiger partial charge in [-0.1, -0.05) is 29.3 Å². The first-order chi connectivity index (χ1) is 17.4. The molecule has 0 saturated carbocycles. The van der Waals surface area contributed by atoms with Crippen molar-refractivity contribution in [3.63, 3.8) is 0 Å². The molecule has 3 aliphatic rings. The maximum atomic E-state index is 13.9. The Kier molecular flexibility index (Phi) is 8.88. The lowest BCUT2D eigenvalue weighted by Crippen LogP contribution is -2.54. The van der Waals surface area contributed by atoms with Gasteiger partial charge in [-0.3, -0.25) is 14.4 Å². The number of alkyl halides is 1. The van der Waals surface area contributed by atoms with Crippen LogP contribution < -0.4 is 15.4 Å². The molecule has 4 rings (SSSR count). The van der Waals surface area contributed by atoms with E-state index in [1.54, 1.807) is 28.8 Å². The van der Waals surface area contributed by atoms with Gasteiger partial charge in [-0.05, 0) is 56.9 Å². The summed E-state index contributed by atoms with van der Waals surface area (Å²) in [5.74, 6) is -0.815. The molecule has 3 unspecified atom stereocenters. The molecule has 1 aromatic carbocycles. The molecule has 1 aromatic rings. The van der Waals surface area contributed by atoms with Crippen molar-refractivity contribution in [2.75, 3.05) is 31.6 Å². The zero-order valence-electron chi connectivity index (χ0n) is 20.9. The van der Waals surface area contributed by atoms with Gasteiger partial charge >= 0.3 is 0 Å². The highest BCUT2D eigenvalue weighted by Gasteiger charge is 2.75. The molecule has 1 spiro atoms. The summed E-state index contributed by atoms with van der Waals surface area (Å²) in [6.07, 6.45) is 3.67. The minimum Gasteiger partial charge on any atom is -0.494 e. The number of nitrogens with zero attached hydrogens (tertiary/aromatic N) is 1. The van der Waals surface area contributed by atoms with Crippen LogP contribution in [-0.4, -0.2) is 74.9 Å². The number of anilines is 1. The second-order valence-corrected chi connectivity index (χ2v) is 12.4. The molecule has 3 aliphatic heterocycles. The highest BCUT2D eigenvalue weighted by molar-refractivity contribution is 9.09. The molecule has 3 saturated heterocycles. The van der Waals surface area contributed by atoms with Gasteiger partial charge in [0.25, 0.3) is 0 Å². The Balaban J connectivity index is 1.60. The van der Waals surface area contributed by atoms with Gasteiger partial charge in [0, 0.05) is 35.5 Å². The maximum absolute atomic E-state index is 13.9. The Morgan fingerprint density at radius 3 is 2.61 bits per heavy atom. The molecular weight excluding hydrogens is 546 g/mol. The summed E-state index contributed by atoms with van der Waals surface area (Å²) in [5.41, 5.74) is 0.649. The molecule has 2 bridgehead atoms. The van der Waals surface area contributed by atoms with Gasteiger partial charge in [0.1, 0.15) is 11.8 Å². The van der Waals surface area contributed by atoms with Crippen LogP contribution in [0.4, 0.5) is 5.69 Å². The van der Waals surface area contributed by atoms with Crippen LogP contribution in [0.2, 0.25) is 0 Å². The number of nitrogens with one attached hydrogen (secondary N) is 2. The lowest BCUT2D eigenvalue weighted by Gasteiger charge is -2.35. The second kappa shape index (κ2) is 11.7. The highest BCUT2D eigenvalue weighted by atomic mass is 79.9. The monoisotopic (exact) mass is 581 g/mol. The number of aliphatic hydroxyl groups is 1. The molecular formula is C26H36BrN3O5S. The summed E-state index contributed by atoms with van der Waals surface area (Å²) in [5, 5.41) is 15.2. The van der Waals surface area contributed by atoms with E-state index in [0.717, 1.165) is 18.6 Å². The van der Waals surface area contributed by atoms with Crippen molar-refractivity contribution in [2.45, 2.75) is 66.8 Å². The van der Waals surface area contributed by atoms with Gasteiger partial charge in [0.2, 0.25) is 17.7 Å². The summed E-state index contributed by atoms with van der Waals surface area (Å²) >= 11 is 5.42. The van der Waals surface area contributed by atoms with Crippen molar-refractivity contribution < 1.29 is 24.2 Å². The third-order valence-electron chi connectivity index (χ3n) is 7.41. The molecule has 3 amide bonds. The molecule has 0 radical (unpaired) electrons. The van der Waals surface area contributed by atoms with E-state index >= 15 is 0 Å². The minimum atomic E-state index is -0.647. The predicted octanol–water partition coefficient (Wildman–Crippen LogP) is 3.18. The lowest BCUT2D eigenvalue weighted by atomic mass is 9.70. The number of hydrogen-bond donors (Lipinski definition) is 3. The van der Waals surface area contributed by atoms with Gasteiger partial charge in [0.15, 0.2) is 0 Å². The first kappa shape index (κ1) is 27.3. The largest absolute Gasteiger partial charge is 0.494 e. The van der Waals surface area contributed by atoms with E-state index in [1.807, 2.05) is 19.1 Å². The molecule has 8 nitrogen and oxygen atoms in total. The van der Waals surface area contributed by atoms with Gasteiger partial charge in [-0.2, -0.15) is 0 Å². The number of carbonyl (C=O) groups is 3. The number of carbonyl (C=O) groups excluding carboxylic acids is 3. The Bertz CT molecular complexity index is 963. The predicted molar refractivity (Wildman–Crippen MR) is 144 cm³/mol. The van der Waals surface area contributed by atoms with Crippen molar-refractivity contribution in [1.82, 2.24) is 10.2 Å². The third-order valence-corrected chi connectivity index (χ3v) is 10.6. The number of aliphatic hydroxyl groups excluding tert-OH is 1. The molecule has 3 heterocycles. The fourth-order valence-electron chi connectivity index (χ4n) is 5.88. The molecule has 198 valence electrons. The van der Waals surface area contributed by atoms with E-state index in [1.165, 1.54) is 0 Å². The van der Waals surface area contributed by atoms with E-state index in [0.29, 0.717) is 44.6 Å². The number of amides is 3. The molecule has 10 heteroatoms. The molecule has 0 aromatic heterocycles. The number of thioether (sulfide) groups is 1. The number of fused-ring (bicyclic) bond motifs is 1. The van der Waals surface area contributed by atoms with Crippen LogP contribution in [0.15, 0.2) is 24.3 Å². The van der Waals surface area contributed by atoms with E-state index in [2.05, 4.69) is 33.5 Å². The number of rotatable bonds is 12. The highest BCUT2D eigenvalue weighted by Crippen LogP contribution is 2.67. The fourth-order valence-corrected chi connectivity index (χ4v) is 9.49. The van der Waals surface area contributed by atoms with E-state index in [9.17, 15) is 19.5 Å². The molecule has 0 aliphatic carbocycles. The van der Waals surface area contributed by atoms with Crippen LogP contribution in [-0.2, 0) is 14.4 Å². The second-order valence-electron chi connectivity index (χ2n) is 9.72. The number of halogens is 1. The Hall–Kier alpha value is -1.78. The molecule has 3 N–H and O–H groups in total. The standard InChI is InChI=1S/C26H36BrN3O5S/c1-3-5-12-28-24(33)22-26-15-18(27)21(36-26)19(20(26)25(34)30(22)13-6-7-14-31)23(32)29-16-8-10-17(11-9-16)35-4-2/h8-11,18-22,31H,3-7,12-15H2,1-2H3,(H,28,33)(H,29,32)/t18?,19-,20-,21-,22?,26?/m0/s1. The summed E-state index contributed by atoms with van der Waals surface area (Å²) < 4.78 is 4.84. The van der Waals surface area contributed by atoms with Crippen LogP contribution in [0.1, 0.15) is 46.0 Å². The lowest BCUT2D eigenvalue weighted by molar-refractivity contribution is -0.139. The first-order valence-electron chi connectivity index (χ1n) is 12.9. The van der Waals surface area contributed by atoms with Gasteiger partial charge in [-0.25, -0.2) is 0 Å². The topological polar surface area (TPSA) is 108 Å². The van der Waals surface area contributed by atoms with Crippen LogP contribution in [0.25, 0.3) is 0 Å². The number of benzene rings is 1. The number of likely N-dealkylation sites (tertiary alicyclic amines) is 1. The smallest absolute Gasteiger partial charge is 0.244 e. The zero-order valence-corrected chi connectivity index (χ0v) is 23.3. The number of hydrogen-bond acceptors (Lipinski definition) is 6. The van der Waals surface area contributed by atoms with Gasteiger partial charge in [-0.15, -0.1) is 11.8 Å². The fraction of sp³-hybridized carbons (Fsp3) is 0.654. The zero-order chi connectivity index (χ0) is 25.9.